The third-order valence-corrected chi connectivity index (χ3v) is 3.25. The van der Waals surface area contributed by atoms with Gasteiger partial charge in [-0.15, -0.1) is 0 Å². The highest BCUT2D eigenvalue weighted by molar-refractivity contribution is 5.84. The lowest BCUT2D eigenvalue weighted by atomic mass is 10.2. The molecule has 0 saturated heterocycles. The fourth-order valence-electron chi connectivity index (χ4n) is 1.86. The van der Waals surface area contributed by atoms with Crippen LogP contribution in [0.25, 0.3) is 0 Å². The summed E-state index contributed by atoms with van der Waals surface area (Å²) < 4.78 is 15.7. The molecule has 1 atom stereocenters. The minimum atomic E-state index is -0.675. The molecule has 0 saturated carbocycles. The molecule has 0 aliphatic carbocycles. The van der Waals surface area contributed by atoms with Gasteiger partial charge >= 0.3 is 0 Å². The van der Waals surface area contributed by atoms with Gasteiger partial charge in [0, 0.05) is 0 Å². The average molecular weight is 328 g/mol. The SMILES string of the molecule is COc1ccc(C=NNC(=O)C(C)Oc2ccc(OC)cc2)cc1. The molecular weight excluding hydrogens is 308 g/mol. The predicted octanol–water partition coefficient (Wildman–Crippen LogP) is 2.62. The first-order valence-electron chi connectivity index (χ1n) is 7.40. The fourth-order valence-corrected chi connectivity index (χ4v) is 1.86. The molecule has 0 aromatic heterocycles. The zero-order chi connectivity index (χ0) is 17.4. The lowest BCUT2D eigenvalue weighted by molar-refractivity contribution is -0.127. The molecular formula is C18H20N2O4. The van der Waals surface area contributed by atoms with Gasteiger partial charge < -0.3 is 14.2 Å². The molecule has 2 rings (SSSR count). The van der Waals surface area contributed by atoms with Gasteiger partial charge in [-0.25, -0.2) is 5.43 Å². The van der Waals surface area contributed by atoms with Crippen LogP contribution in [0.3, 0.4) is 0 Å². The van der Waals surface area contributed by atoms with Crippen LogP contribution in [0, 0.1) is 0 Å². The molecule has 24 heavy (non-hydrogen) atoms. The van der Waals surface area contributed by atoms with Crippen LogP contribution in [0.4, 0.5) is 0 Å². The molecule has 2 aromatic carbocycles. The average Bonchev–Trinajstić information content (AvgIpc) is 2.62. The number of nitrogens with one attached hydrogen (secondary N) is 1. The van der Waals surface area contributed by atoms with Gasteiger partial charge in [-0.2, -0.15) is 5.10 Å². The van der Waals surface area contributed by atoms with Crippen LogP contribution in [-0.4, -0.2) is 32.4 Å². The van der Waals surface area contributed by atoms with Crippen molar-refractivity contribution in [2.45, 2.75) is 13.0 Å². The van der Waals surface area contributed by atoms with E-state index < -0.39 is 6.10 Å². The van der Waals surface area contributed by atoms with E-state index in [-0.39, 0.29) is 5.91 Å². The molecule has 0 heterocycles. The number of carbonyl (C=O) groups excluding carboxylic acids is 1. The second-order valence-corrected chi connectivity index (χ2v) is 4.94. The molecule has 2 aromatic rings. The van der Waals surface area contributed by atoms with Gasteiger partial charge in [-0.05, 0) is 61.0 Å². The first-order valence-corrected chi connectivity index (χ1v) is 7.40. The standard InChI is InChI=1S/C18H20N2O4/c1-13(24-17-10-8-16(23-3)9-11-17)18(21)20-19-12-14-4-6-15(22-2)7-5-14/h4-13H,1-3H3,(H,20,21). The van der Waals surface area contributed by atoms with Gasteiger partial charge in [0.2, 0.25) is 0 Å². The molecule has 1 amide bonds. The molecule has 126 valence electrons. The number of hydrogen-bond acceptors (Lipinski definition) is 5. The van der Waals surface area contributed by atoms with E-state index >= 15 is 0 Å². The van der Waals surface area contributed by atoms with E-state index in [0.29, 0.717) is 5.75 Å². The Kier molecular flexibility index (Phi) is 6.19. The molecule has 0 fully saturated rings. The number of methoxy groups -OCH3 is 2. The molecule has 0 aliphatic rings. The summed E-state index contributed by atoms with van der Waals surface area (Å²) in [6.45, 7) is 1.66. The van der Waals surface area contributed by atoms with Crippen molar-refractivity contribution in [3.8, 4) is 17.2 Å². The Bertz CT molecular complexity index is 681. The minimum Gasteiger partial charge on any atom is -0.497 e. The van der Waals surface area contributed by atoms with Crippen molar-refractivity contribution in [1.82, 2.24) is 5.43 Å². The molecule has 0 radical (unpaired) electrons. The molecule has 1 unspecified atom stereocenters. The van der Waals surface area contributed by atoms with Crippen molar-refractivity contribution in [1.29, 1.82) is 0 Å². The number of hydrogen-bond donors (Lipinski definition) is 1. The van der Waals surface area contributed by atoms with Crippen molar-refractivity contribution < 1.29 is 19.0 Å². The Labute approximate surface area is 141 Å². The molecule has 6 nitrogen and oxygen atoms in total. The van der Waals surface area contributed by atoms with E-state index in [4.69, 9.17) is 14.2 Å². The van der Waals surface area contributed by atoms with Gasteiger partial charge in [0.15, 0.2) is 6.10 Å². The number of rotatable bonds is 7. The second kappa shape index (κ2) is 8.57. The Morgan fingerprint density at radius 1 is 0.958 bits per heavy atom. The largest absolute Gasteiger partial charge is 0.497 e. The van der Waals surface area contributed by atoms with Crippen molar-refractivity contribution >= 4 is 12.1 Å². The highest BCUT2D eigenvalue weighted by Gasteiger charge is 2.13. The van der Waals surface area contributed by atoms with E-state index in [1.807, 2.05) is 24.3 Å². The van der Waals surface area contributed by atoms with Crippen LogP contribution < -0.4 is 19.6 Å². The van der Waals surface area contributed by atoms with E-state index in [2.05, 4.69) is 10.5 Å². The van der Waals surface area contributed by atoms with Crippen LogP contribution in [0.15, 0.2) is 53.6 Å². The monoisotopic (exact) mass is 328 g/mol. The van der Waals surface area contributed by atoms with Gasteiger partial charge in [0.05, 0.1) is 20.4 Å². The molecule has 0 bridgehead atoms. The Morgan fingerprint density at radius 2 is 1.46 bits per heavy atom. The summed E-state index contributed by atoms with van der Waals surface area (Å²) in [6, 6.07) is 14.3. The lowest BCUT2D eigenvalue weighted by Crippen LogP contribution is -2.33. The van der Waals surface area contributed by atoms with Crippen LogP contribution in [0.2, 0.25) is 0 Å². The zero-order valence-electron chi connectivity index (χ0n) is 13.9. The maximum Gasteiger partial charge on any atom is 0.280 e. The Morgan fingerprint density at radius 3 is 2.00 bits per heavy atom. The molecule has 6 heteroatoms. The number of carbonyl (C=O) groups is 1. The fraction of sp³-hybridized carbons (Fsp3) is 0.222. The first-order chi connectivity index (χ1) is 11.6. The van der Waals surface area contributed by atoms with Gasteiger partial charge in [0.25, 0.3) is 5.91 Å². The van der Waals surface area contributed by atoms with E-state index in [1.165, 1.54) is 0 Å². The van der Waals surface area contributed by atoms with Crippen molar-refractivity contribution in [2.75, 3.05) is 14.2 Å². The maximum atomic E-state index is 12.0. The smallest absolute Gasteiger partial charge is 0.280 e. The maximum absolute atomic E-state index is 12.0. The van der Waals surface area contributed by atoms with E-state index in [1.54, 1.807) is 51.6 Å². The highest BCUT2D eigenvalue weighted by atomic mass is 16.5. The highest BCUT2D eigenvalue weighted by Crippen LogP contribution is 2.18. The van der Waals surface area contributed by atoms with Crippen molar-refractivity contribution in [3.05, 3.63) is 54.1 Å². The summed E-state index contributed by atoms with van der Waals surface area (Å²) >= 11 is 0. The van der Waals surface area contributed by atoms with Gasteiger partial charge in [0.1, 0.15) is 17.2 Å². The van der Waals surface area contributed by atoms with Crippen LogP contribution >= 0.6 is 0 Å². The van der Waals surface area contributed by atoms with Gasteiger partial charge in [-0.3, -0.25) is 4.79 Å². The lowest BCUT2D eigenvalue weighted by Gasteiger charge is -2.13. The number of benzene rings is 2. The Balaban J connectivity index is 1.84. The first kappa shape index (κ1) is 17.3. The van der Waals surface area contributed by atoms with Gasteiger partial charge in [-0.1, -0.05) is 0 Å². The van der Waals surface area contributed by atoms with E-state index in [0.717, 1.165) is 17.1 Å². The third-order valence-electron chi connectivity index (χ3n) is 3.25. The molecule has 0 spiro atoms. The topological polar surface area (TPSA) is 69.2 Å². The molecule has 0 aliphatic heterocycles. The van der Waals surface area contributed by atoms with Crippen molar-refractivity contribution in [2.24, 2.45) is 5.10 Å². The summed E-state index contributed by atoms with van der Waals surface area (Å²) in [5, 5.41) is 3.92. The summed E-state index contributed by atoms with van der Waals surface area (Å²) in [5.74, 6) is 1.73. The zero-order valence-corrected chi connectivity index (χ0v) is 13.9. The quantitative estimate of drug-likeness (QED) is 0.626. The number of ether oxygens (including phenoxy) is 3. The summed E-state index contributed by atoms with van der Waals surface area (Å²) in [7, 11) is 3.19. The summed E-state index contributed by atoms with van der Waals surface area (Å²) in [6.07, 6.45) is 0.878. The van der Waals surface area contributed by atoms with Crippen LogP contribution in [-0.2, 0) is 4.79 Å². The van der Waals surface area contributed by atoms with Crippen LogP contribution in [0.5, 0.6) is 17.2 Å². The minimum absolute atomic E-state index is 0.337. The second-order valence-electron chi connectivity index (χ2n) is 4.94. The number of nitrogens with zero attached hydrogens (tertiary/aromatic N) is 1. The van der Waals surface area contributed by atoms with E-state index in [9.17, 15) is 4.79 Å². The number of amides is 1. The summed E-state index contributed by atoms with van der Waals surface area (Å²) in [4.78, 5) is 12.0. The normalized spacial score (nSPS) is 11.8. The number of hydrazone groups is 1. The third kappa shape index (κ3) is 5.01. The Hall–Kier alpha value is -3.02. The molecule has 1 N–H and O–H groups in total. The summed E-state index contributed by atoms with van der Waals surface area (Å²) in [5.41, 5.74) is 3.30. The van der Waals surface area contributed by atoms with Crippen LogP contribution in [0.1, 0.15) is 12.5 Å². The predicted molar refractivity (Wildman–Crippen MR) is 91.8 cm³/mol. The van der Waals surface area contributed by atoms with Crippen molar-refractivity contribution in [3.63, 3.8) is 0 Å².